The van der Waals surface area contributed by atoms with Crippen LogP contribution < -0.4 is 0 Å². The Kier molecular flexibility index (Phi) is 15.7. The van der Waals surface area contributed by atoms with Crippen LogP contribution in [-0.2, 0) is 28.7 Å². The molecule has 2 aromatic rings. The van der Waals surface area contributed by atoms with Gasteiger partial charge in [-0.2, -0.15) is 0 Å². The van der Waals surface area contributed by atoms with Crippen LogP contribution in [0.3, 0.4) is 0 Å². The van der Waals surface area contributed by atoms with Crippen molar-refractivity contribution in [3.05, 3.63) is 47.8 Å². The number of carbonyl (C=O) groups is 4. The van der Waals surface area contributed by atoms with E-state index in [-0.39, 0.29) is 29.6 Å². The zero-order valence-electron chi connectivity index (χ0n) is 20.7. The molecule has 0 aliphatic carbocycles. The number of nitrogens with zero attached hydrogens (tertiary/aromatic N) is 4. The Morgan fingerprint density at radius 3 is 1.86 bits per heavy atom. The molecule has 1 amide bonds. The minimum absolute atomic E-state index is 0.0210. The highest BCUT2D eigenvalue weighted by atomic mass is 16.7. The fourth-order valence-electron chi connectivity index (χ4n) is 1.86. The summed E-state index contributed by atoms with van der Waals surface area (Å²) < 4.78 is 18.2. The summed E-state index contributed by atoms with van der Waals surface area (Å²) in [7, 11) is 5.75. The molecule has 14 heteroatoms. The van der Waals surface area contributed by atoms with Gasteiger partial charge in [-0.05, 0) is 13.8 Å². The summed E-state index contributed by atoms with van der Waals surface area (Å²) in [5.41, 5.74) is 0.308. The SMILES string of the molecule is C#CC(=O)OCC.CCOC(=O)/C(=C\C(=O)c1ccon1)N(C)OC.CON(C)C(=O)c1ccon1. The van der Waals surface area contributed by atoms with Crippen LogP contribution in [0.5, 0.6) is 0 Å². The van der Waals surface area contributed by atoms with Gasteiger partial charge in [0.25, 0.3) is 5.91 Å². The molecule has 0 radical (unpaired) electrons. The van der Waals surface area contributed by atoms with Crippen molar-refractivity contribution in [3.63, 3.8) is 0 Å². The highest BCUT2D eigenvalue weighted by Gasteiger charge is 2.19. The number of hydroxylamine groups is 4. The van der Waals surface area contributed by atoms with Crippen LogP contribution >= 0.6 is 0 Å². The van der Waals surface area contributed by atoms with Crippen molar-refractivity contribution in [1.29, 1.82) is 0 Å². The van der Waals surface area contributed by atoms with Crippen LogP contribution in [0.25, 0.3) is 0 Å². The van der Waals surface area contributed by atoms with Crippen LogP contribution in [0.4, 0.5) is 0 Å². The molecule has 0 saturated carbocycles. The van der Waals surface area contributed by atoms with Crippen molar-refractivity contribution in [3.8, 4) is 12.3 Å². The van der Waals surface area contributed by atoms with E-state index in [2.05, 4.69) is 35.4 Å². The molecule has 14 nitrogen and oxygen atoms in total. The topological polar surface area (TPSA) is 164 Å². The number of terminal acetylenes is 1. The largest absolute Gasteiger partial charge is 0.461 e. The maximum absolute atomic E-state index is 11.8. The summed E-state index contributed by atoms with van der Waals surface area (Å²) in [4.78, 5) is 54.0. The summed E-state index contributed by atoms with van der Waals surface area (Å²) in [6, 6.07) is 2.87. The molecule has 0 spiro atoms. The third kappa shape index (κ3) is 11.6. The number of allylic oxidation sites excluding steroid dienone is 1. The fraction of sp³-hybridized carbons (Fsp3) is 0.364. The van der Waals surface area contributed by atoms with Crippen molar-refractivity contribution in [1.82, 2.24) is 20.4 Å². The predicted octanol–water partition coefficient (Wildman–Crippen LogP) is 1.29. The lowest BCUT2D eigenvalue weighted by atomic mass is 10.2. The van der Waals surface area contributed by atoms with Gasteiger partial charge in [-0.3, -0.25) is 24.3 Å². The lowest BCUT2D eigenvalue weighted by molar-refractivity contribution is -0.149. The zero-order valence-corrected chi connectivity index (χ0v) is 20.7. The molecule has 2 rings (SSSR count). The van der Waals surface area contributed by atoms with E-state index >= 15 is 0 Å². The van der Waals surface area contributed by atoms with Gasteiger partial charge < -0.3 is 18.5 Å². The van der Waals surface area contributed by atoms with E-state index < -0.39 is 17.7 Å². The fourth-order valence-corrected chi connectivity index (χ4v) is 1.86. The second-order valence-corrected chi connectivity index (χ2v) is 5.91. The second-order valence-electron chi connectivity index (χ2n) is 5.91. The third-order valence-corrected chi connectivity index (χ3v) is 3.67. The van der Waals surface area contributed by atoms with Gasteiger partial charge in [0.05, 0.1) is 27.4 Å². The first-order valence-corrected chi connectivity index (χ1v) is 10.1. The number of hydrogen-bond acceptors (Lipinski definition) is 13. The van der Waals surface area contributed by atoms with Gasteiger partial charge in [0.1, 0.15) is 12.5 Å². The number of amides is 1. The first-order valence-electron chi connectivity index (χ1n) is 10.1. The number of esters is 2. The van der Waals surface area contributed by atoms with Crippen molar-refractivity contribution >= 4 is 23.6 Å². The van der Waals surface area contributed by atoms with E-state index in [1.807, 2.05) is 0 Å². The second kappa shape index (κ2) is 17.9. The number of likely N-dealkylation sites (N-methyl/N-ethyl adjacent to an activating group) is 1. The van der Waals surface area contributed by atoms with E-state index in [1.165, 1.54) is 53.0 Å². The van der Waals surface area contributed by atoms with Crippen molar-refractivity contribution < 1.29 is 47.4 Å². The number of hydrogen-bond donors (Lipinski definition) is 0. The molecule has 196 valence electrons. The van der Waals surface area contributed by atoms with Gasteiger partial charge >= 0.3 is 11.9 Å². The van der Waals surface area contributed by atoms with E-state index in [9.17, 15) is 19.2 Å². The molecule has 0 fully saturated rings. The van der Waals surface area contributed by atoms with Gasteiger partial charge in [0, 0.05) is 38.2 Å². The molecular formula is C22H28N4O10. The van der Waals surface area contributed by atoms with Crippen LogP contribution in [0, 0.1) is 12.3 Å². The van der Waals surface area contributed by atoms with E-state index in [4.69, 9.17) is 9.57 Å². The first-order chi connectivity index (χ1) is 17.2. The van der Waals surface area contributed by atoms with Crippen LogP contribution in [-0.4, -0.2) is 85.6 Å². The number of aromatic nitrogens is 2. The Bertz CT molecular complexity index is 1010. The summed E-state index contributed by atoms with van der Waals surface area (Å²) in [6.07, 6.45) is 8.32. The molecule has 2 heterocycles. The third-order valence-electron chi connectivity index (χ3n) is 3.67. The molecule has 0 atom stereocenters. The van der Waals surface area contributed by atoms with Gasteiger partial charge in [0.2, 0.25) is 5.78 Å². The standard InChI is InChI=1S/C11H14N2O5.C6H8N2O3.C5H6O2/c1-4-17-11(15)9(13(2)16-3)7-10(14)8-5-6-18-12-8;1-8(10-2)6(9)5-3-4-11-7-5;1-3-5(6)7-4-2/h5-7H,4H2,1-3H3;3-4H,1-2H3;1H,4H2,2H3/b9-7+;;. The van der Waals surface area contributed by atoms with E-state index in [0.717, 1.165) is 16.2 Å². The number of carbonyl (C=O) groups excluding carboxylic acids is 4. The molecule has 0 unspecified atom stereocenters. The van der Waals surface area contributed by atoms with Gasteiger partial charge in [-0.1, -0.05) is 10.3 Å². The highest BCUT2D eigenvalue weighted by molar-refractivity contribution is 6.07. The Labute approximate surface area is 207 Å². The van der Waals surface area contributed by atoms with Gasteiger partial charge in [0.15, 0.2) is 17.1 Å². The zero-order chi connectivity index (χ0) is 27.5. The summed E-state index contributed by atoms with van der Waals surface area (Å²) in [6.45, 7) is 3.92. The Balaban J connectivity index is 0.000000576. The lowest BCUT2D eigenvalue weighted by Gasteiger charge is -2.17. The normalized spacial score (nSPS) is 9.86. The average Bonchev–Trinajstić information content (AvgIpc) is 3.61. The quantitative estimate of drug-likeness (QED) is 0.119. The van der Waals surface area contributed by atoms with Crippen LogP contribution in [0.1, 0.15) is 34.8 Å². The summed E-state index contributed by atoms with van der Waals surface area (Å²) in [5.74, 6) is -0.253. The number of ether oxygens (including phenoxy) is 2. The lowest BCUT2D eigenvalue weighted by Crippen LogP contribution is -2.25. The van der Waals surface area contributed by atoms with Crippen molar-refractivity contribution in [2.24, 2.45) is 0 Å². The van der Waals surface area contributed by atoms with Crippen molar-refractivity contribution in [2.75, 3.05) is 41.5 Å². The van der Waals surface area contributed by atoms with E-state index in [1.54, 1.807) is 19.8 Å². The Morgan fingerprint density at radius 1 is 0.944 bits per heavy atom. The smallest absolute Gasteiger partial charge is 0.384 e. The highest BCUT2D eigenvalue weighted by Crippen LogP contribution is 2.08. The average molecular weight is 508 g/mol. The van der Waals surface area contributed by atoms with Gasteiger partial charge in [-0.15, -0.1) is 6.42 Å². The molecule has 0 bridgehead atoms. The molecule has 36 heavy (non-hydrogen) atoms. The maximum Gasteiger partial charge on any atom is 0.384 e. The monoisotopic (exact) mass is 508 g/mol. The first kappa shape index (κ1) is 31.5. The Hall–Kier alpha value is -4.48. The number of rotatable bonds is 9. The minimum atomic E-state index is -0.654. The maximum atomic E-state index is 11.8. The van der Waals surface area contributed by atoms with E-state index in [0.29, 0.717) is 6.61 Å². The summed E-state index contributed by atoms with van der Waals surface area (Å²) in [5, 5.41) is 9.12. The molecule has 0 saturated heterocycles. The van der Waals surface area contributed by atoms with Crippen molar-refractivity contribution in [2.45, 2.75) is 13.8 Å². The predicted molar refractivity (Wildman–Crippen MR) is 121 cm³/mol. The number of ketones is 1. The van der Waals surface area contributed by atoms with Crippen LogP contribution in [0.2, 0.25) is 0 Å². The molecule has 2 aromatic heterocycles. The summed E-state index contributed by atoms with van der Waals surface area (Å²) >= 11 is 0. The minimum Gasteiger partial charge on any atom is -0.461 e. The molecule has 0 aromatic carbocycles. The molecule has 0 aliphatic rings. The van der Waals surface area contributed by atoms with Crippen LogP contribution in [0.15, 0.2) is 45.5 Å². The van der Waals surface area contributed by atoms with Gasteiger partial charge in [-0.25, -0.2) is 14.7 Å². The molecular weight excluding hydrogens is 480 g/mol. The Morgan fingerprint density at radius 2 is 1.47 bits per heavy atom. The molecule has 0 aliphatic heterocycles. The molecule has 0 N–H and O–H groups in total.